The van der Waals surface area contributed by atoms with E-state index >= 15 is 0 Å². The van der Waals surface area contributed by atoms with Gasteiger partial charge in [0.1, 0.15) is 0 Å². The molecule has 1 aromatic heterocycles. The van der Waals surface area contributed by atoms with Gasteiger partial charge in [0.2, 0.25) is 11.9 Å². The highest BCUT2D eigenvalue weighted by atomic mass is 15.3. The third kappa shape index (κ3) is 1.69. The maximum absolute atomic E-state index is 5.38. The second kappa shape index (κ2) is 2.93. The van der Waals surface area contributed by atoms with Crippen molar-refractivity contribution in [3.8, 4) is 0 Å². The van der Waals surface area contributed by atoms with E-state index in [1.165, 1.54) is 5.57 Å². The van der Waals surface area contributed by atoms with Crippen molar-refractivity contribution in [2.75, 3.05) is 11.1 Å². The fraction of sp³-hybridized carbons (Fsp3) is 0.250. The summed E-state index contributed by atoms with van der Waals surface area (Å²) in [6, 6.07) is 0. The van der Waals surface area contributed by atoms with Gasteiger partial charge in [0.05, 0.1) is 0 Å². The molecule has 68 valence electrons. The summed E-state index contributed by atoms with van der Waals surface area (Å²) in [5, 5.41) is 9.47. The second-order valence-corrected chi connectivity index (χ2v) is 3.02. The van der Waals surface area contributed by atoms with Crippen molar-refractivity contribution in [3.63, 3.8) is 0 Å². The van der Waals surface area contributed by atoms with Gasteiger partial charge in [-0.2, -0.15) is 4.98 Å². The molecule has 0 saturated carbocycles. The molecular weight excluding hydrogens is 166 g/mol. The number of H-pyrrole nitrogens is 1. The van der Waals surface area contributed by atoms with Gasteiger partial charge in [0.15, 0.2) is 0 Å². The summed E-state index contributed by atoms with van der Waals surface area (Å²) in [5.41, 5.74) is 7.73. The van der Waals surface area contributed by atoms with Crippen molar-refractivity contribution in [2.45, 2.75) is 13.3 Å². The smallest absolute Gasteiger partial charge is 0.248 e. The van der Waals surface area contributed by atoms with Crippen LogP contribution in [0.4, 0.5) is 11.9 Å². The van der Waals surface area contributed by atoms with Crippen molar-refractivity contribution < 1.29 is 0 Å². The fourth-order valence-corrected chi connectivity index (χ4v) is 1.20. The number of allylic oxidation sites excluding steroid dienone is 3. The van der Waals surface area contributed by atoms with Gasteiger partial charge in [-0.15, -0.1) is 5.10 Å². The molecule has 0 radical (unpaired) electrons. The van der Waals surface area contributed by atoms with E-state index in [-0.39, 0.29) is 0 Å². The van der Waals surface area contributed by atoms with E-state index in [9.17, 15) is 0 Å². The molecule has 1 aromatic rings. The van der Waals surface area contributed by atoms with Gasteiger partial charge in [-0.25, -0.2) is 5.10 Å². The van der Waals surface area contributed by atoms with Gasteiger partial charge >= 0.3 is 0 Å². The van der Waals surface area contributed by atoms with Crippen LogP contribution >= 0.6 is 0 Å². The zero-order valence-corrected chi connectivity index (χ0v) is 7.33. The quantitative estimate of drug-likeness (QED) is 0.630. The van der Waals surface area contributed by atoms with Crippen LogP contribution in [0.1, 0.15) is 13.3 Å². The summed E-state index contributed by atoms with van der Waals surface area (Å²) < 4.78 is 0. The van der Waals surface area contributed by atoms with E-state index in [0.29, 0.717) is 11.9 Å². The lowest BCUT2D eigenvalue weighted by atomic mass is 10.3. The first-order valence-electron chi connectivity index (χ1n) is 4.06. The third-order valence-electron chi connectivity index (χ3n) is 1.80. The Morgan fingerprint density at radius 3 is 3.00 bits per heavy atom. The van der Waals surface area contributed by atoms with E-state index in [0.717, 1.165) is 12.1 Å². The minimum absolute atomic E-state index is 0.321. The Bertz CT molecular complexity index is 374. The van der Waals surface area contributed by atoms with Crippen molar-refractivity contribution in [1.29, 1.82) is 0 Å². The first-order chi connectivity index (χ1) is 6.24. The van der Waals surface area contributed by atoms with E-state index in [1.54, 1.807) is 0 Å². The summed E-state index contributed by atoms with van der Waals surface area (Å²) in [4.78, 5) is 3.93. The average Bonchev–Trinajstić information content (AvgIpc) is 2.62. The Kier molecular flexibility index (Phi) is 1.77. The third-order valence-corrected chi connectivity index (χ3v) is 1.80. The highest BCUT2D eigenvalue weighted by molar-refractivity contribution is 5.45. The van der Waals surface area contributed by atoms with Crippen LogP contribution in [0.25, 0.3) is 0 Å². The molecule has 1 aliphatic carbocycles. The van der Waals surface area contributed by atoms with Crippen molar-refractivity contribution >= 4 is 11.9 Å². The van der Waals surface area contributed by atoms with Gasteiger partial charge in [-0.1, -0.05) is 11.6 Å². The van der Waals surface area contributed by atoms with Crippen LogP contribution in [-0.2, 0) is 0 Å². The molecule has 13 heavy (non-hydrogen) atoms. The van der Waals surface area contributed by atoms with Crippen LogP contribution in [-0.4, -0.2) is 15.2 Å². The van der Waals surface area contributed by atoms with Crippen LogP contribution in [0.3, 0.4) is 0 Å². The number of rotatable bonds is 2. The summed E-state index contributed by atoms with van der Waals surface area (Å²) in [5.74, 6) is 0.830. The second-order valence-electron chi connectivity index (χ2n) is 3.02. The number of aromatic amines is 1. The highest BCUT2D eigenvalue weighted by Gasteiger charge is 2.05. The number of aromatic nitrogens is 3. The number of hydrogen-bond acceptors (Lipinski definition) is 4. The standard InChI is InChI=1S/C8H11N5/c1-5-2-3-6(4-5)10-8-11-7(9)12-13-8/h3-4H,2H2,1H3,(H4,9,10,11,12,13). The van der Waals surface area contributed by atoms with E-state index in [1.807, 2.05) is 0 Å². The normalized spacial score (nSPS) is 15.5. The number of nitrogens with zero attached hydrogens (tertiary/aromatic N) is 2. The van der Waals surface area contributed by atoms with Gasteiger partial charge in [0.25, 0.3) is 0 Å². The maximum atomic E-state index is 5.38. The van der Waals surface area contributed by atoms with E-state index < -0.39 is 0 Å². The van der Waals surface area contributed by atoms with Crippen LogP contribution in [0.5, 0.6) is 0 Å². The molecule has 0 aromatic carbocycles. The maximum Gasteiger partial charge on any atom is 0.248 e. The van der Waals surface area contributed by atoms with Crippen LogP contribution in [0.15, 0.2) is 23.4 Å². The molecule has 1 aliphatic rings. The molecule has 5 nitrogen and oxygen atoms in total. The number of nitrogen functional groups attached to an aromatic ring is 1. The minimum atomic E-state index is 0.321. The van der Waals surface area contributed by atoms with Crippen LogP contribution in [0.2, 0.25) is 0 Å². The Morgan fingerprint density at radius 2 is 2.46 bits per heavy atom. The molecule has 0 atom stereocenters. The summed E-state index contributed by atoms with van der Waals surface area (Å²) in [7, 11) is 0. The fourth-order valence-electron chi connectivity index (χ4n) is 1.20. The highest BCUT2D eigenvalue weighted by Crippen LogP contribution is 2.17. The van der Waals surface area contributed by atoms with Gasteiger partial charge in [-0.05, 0) is 19.4 Å². The molecular formula is C8H11N5. The molecule has 5 heteroatoms. The minimum Gasteiger partial charge on any atom is -0.368 e. The number of nitrogens with one attached hydrogen (secondary N) is 2. The van der Waals surface area contributed by atoms with E-state index in [4.69, 9.17) is 5.73 Å². The van der Waals surface area contributed by atoms with Crippen LogP contribution in [0, 0.1) is 0 Å². The van der Waals surface area contributed by atoms with Gasteiger partial charge < -0.3 is 11.1 Å². The van der Waals surface area contributed by atoms with Crippen LogP contribution < -0.4 is 11.1 Å². The lowest BCUT2D eigenvalue weighted by Crippen LogP contribution is -1.97. The zero-order chi connectivity index (χ0) is 9.26. The zero-order valence-electron chi connectivity index (χ0n) is 7.33. The Balaban J connectivity index is 2.07. The van der Waals surface area contributed by atoms with Gasteiger partial charge in [-0.3, -0.25) is 0 Å². The first kappa shape index (κ1) is 7.85. The summed E-state index contributed by atoms with van der Waals surface area (Å²) in [6.07, 6.45) is 5.14. The van der Waals surface area contributed by atoms with Crippen molar-refractivity contribution in [3.05, 3.63) is 23.4 Å². The predicted molar refractivity (Wildman–Crippen MR) is 50.9 cm³/mol. The molecule has 0 bridgehead atoms. The molecule has 0 aliphatic heterocycles. The summed E-state index contributed by atoms with van der Waals surface area (Å²) >= 11 is 0. The molecule has 0 unspecified atom stereocenters. The van der Waals surface area contributed by atoms with Crippen molar-refractivity contribution in [2.24, 2.45) is 0 Å². The lowest BCUT2D eigenvalue weighted by Gasteiger charge is -1.97. The Hall–Kier alpha value is -1.78. The largest absolute Gasteiger partial charge is 0.368 e. The Labute approximate surface area is 75.7 Å². The van der Waals surface area contributed by atoms with E-state index in [2.05, 4.69) is 39.6 Å². The lowest BCUT2D eigenvalue weighted by molar-refractivity contribution is 1.10. The first-order valence-corrected chi connectivity index (χ1v) is 4.06. The Morgan fingerprint density at radius 1 is 1.62 bits per heavy atom. The predicted octanol–water partition coefficient (Wildman–Crippen LogP) is 1.03. The average molecular weight is 177 g/mol. The topological polar surface area (TPSA) is 79.6 Å². The molecule has 0 amide bonds. The molecule has 2 rings (SSSR count). The molecule has 0 saturated heterocycles. The molecule has 0 spiro atoms. The monoisotopic (exact) mass is 177 g/mol. The molecule has 4 N–H and O–H groups in total. The number of hydrogen-bond donors (Lipinski definition) is 3. The SMILES string of the molecule is CC1=CC(Nc2n[nH]c(N)n2)=CC1. The molecule has 0 fully saturated rings. The van der Waals surface area contributed by atoms with Gasteiger partial charge in [0, 0.05) is 5.70 Å². The summed E-state index contributed by atoms with van der Waals surface area (Å²) in [6.45, 7) is 2.08. The number of nitrogens with two attached hydrogens (primary N) is 1. The number of anilines is 2. The van der Waals surface area contributed by atoms with Crippen molar-refractivity contribution in [1.82, 2.24) is 15.2 Å². The molecule has 1 heterocycles.